The standard InChI is InChI=1S/C20H30NO3.2C13H21NO3.BrH.H2O4S.H2O/c1-14(2)21(3)16-9-10-17(21)12-18(11-16)24-20(23)19(13-22)15-7-5-4-6-8-15;2*1-13(2,3)14-7-12(17)9-4-5-11(16)10(6-9)8-15;;1-5(2,3)4;/h4-8,14,16-19,22H,9-13H2,1-3H3;2*4-6,12,14-17H,7-8H2,1-3H3;1H;(H2,1,2,3,4);1H2/q+1;;;;;/p-1/t16-,17+,18?,19?,21?;;;;;. The molecule has 5 unspecified atom stereocenters. The summed E-state index contributed by atoms with van der Waals surface area (Å²) in [6.45, 7) is 16.9. The largest absolute Gasteiger partial charge is 1.00 e. The van der Waals surface area contributed by atoms with Crippen LogP contribution in [0.3, 0.4) is 0 Å². The van der Waals surface area contributed by atoms with Crippen molar-refractivity contribution in [2.75, 3.05) is 26.7 Å². The van der Waals surface area contributed by atoms with Gasteiger partial charge in [0.2, 0.25) is 0 Å². The number of aliphatic hydroxyl groups is 5. The minimum atomic E-state index is -4.67. The zero-order chi connectivity index (χ0) is 47.9. The fraction of sp³-hybridized carbons (Fsp3) is 0.587. The van der Waals surface area contributed by atoms with Crippen molar-refractivity contribution in [2.45, 2.75) is 148 Å². The fourth-order valence-corrected chi connectivity index (χ4v) is 7.74. The Bertz CT molecular complexity index is 1870. The van der Waals surface area contributed by atoms with Gasteiger partial charge in [-0.2, -0.15) is 8.42 Å². The molecule has 17 nitrogen and oxygen atoms in total. The highest BCUT2D eigenvalue weighted by molar-refractivity contribution is 7.79. The summed E-state index contributed by atoms with van der Waals surface area (Å²) < 4.78 is 38.5. The average Bonchev–Trinajstić information content (AvgIpc) is 3.35. The predicted molar refractivity (Wildman–Crippen MR) is 245 cm³/mol. The summed E-state index contributed by atoms with van der Waals surface area (Å²) in [6, 6.07) is 20.7. The maximum absolute atomic E-state index is 12.6. The van der Waals surface area contributed by atoms with Crippen LogP contribution in [0, 0.1) is 0 Å². The Kier molecular flexibility index (Phi) is 26.1. The van der Waals surface area contributed by atoms with E-state index in [1.54, 1.807) is 24.3 Å². The number of nitrogens with one attached hydrogen (secondary N) is 2. The second-order valence-corrected chi connectivity index (χ2v) is 19.6. The van der Waals surface area contributed by atoms with Gasteiger partial charge < -0.3 is 78.1 Å². The summed E-state index contributed by atoms with van der Waals surface area (Å²) in [7, 11) is -2.30. The molecular formula is C46H76BrN3O14S. The Morgan fingerprint density at radius 1 is 0.738 bits per heavy atom. The summed E-state index contributed by atoms with van der Waals surface area (Å²) in [6.07, 6.45) is 3.05. The number of ether oxygens (including phenoxy) is 1. The van der Waals surface area contributed by atoms with Gasteiger partial charge in [-0.1, -0.05) is 42.5 Å². The lowest BCUT2D eigenvalue weighted by atomic mass is 9.94. The van der Waals surface area contributed by atoms with Gasteiger partial charge in [0.25, 0.3) is 0 Å². The predicted octanol–water partition coefficient (Wildman–Crippen LogP) is 0.993. The zero-order valence-corrected chi connectivity index (χ0v) is 41.6. The molecule has 0 radical (unpaired) electrons. The van der Waals surface area contributed by atoms with E-state index < -0.39 is 28.5 Å². The summed E-state index contributed by atoms with van der Waals surface area (Å²) >= 11 is 0. The quantitative estimate of drug-likeness (QED) is 0.0647. The first kappa shape index (κ1) is 61.7. The Hall–Kier alpha value is -3.28. The molecule has 19 heteroatoms. The summed E-state index contributed by atoms with van der Waals surface area (Å²) in [5.41, 5.74) is 2.93. The van der Waals surface area contributed by atoms with Crippen molar-refractivity contribution >= 4 is 16.4 Å². The van der Waals surface area contributed by atoms with E-state index in [0.29, 0.717) is 53.5 Å². The number of fused-ring (bicyclic) bond motifs is 2. The van der Waals surface area contributed by atoms with Gasteiger partial charge in [0.1, 0.15) is 23.5 Å². The topological polar surface area (TPSA) is 298 Å². The molecule has 2 aliphatic rings. The normalized spacial score (nSPS) is 20.4. The van der Waals surface area contributed by atoms with Crippen LogP contribution in [0.25, 0.3) is 0 Å². The Morgan fingerprint density at radius 2 is 1.12 bits per heavy atom. The Labute approximate surface area is 395 Å². The van der Waals surface area contributed by atoms with Gasteiger partial charge in [0.05, 0.1) is 57.2 Å². The lowest BCUT2D eigenvalue weighted by Crippen LogP contribution is -3.00. The SMILES string of the molecule is CC(C)(C)NCC(O)c1ccc(O)c(CO)c1.CC(C)(C)NCC(O)c1ccc(O)c(CO)c1.CC(C)[N+]1(C)[C@@H]2CC[C@H]1CC(OC(=O)C(CO)c1ccccc1)C2.O.O=S(=O)(O)O.[Br-]. The number of nitrogens with zero attached hydrogens (tertiary/aromatic N) is 1. The highest BCUT2D eigenvalue weighted by atomic mass is 79.9. The summed E-state index contributed by atoms with van der Waals surface area (Å²) in [5.74, 6) is -0.759. The number of aliphatic hydroxyl groups excluding tert-OH is 5. The molecule has 3 aromatic rings. The Morgan fingerprint density at radius 3 is 1.45 bits per heavy atom. The minimum absolute atomic E-state index is 0. The number of rotatable bonds is 13. The van der Waals surface area contributed by atoms with E-state index in [9.17, 15) is 30.3 Å². The van der Waals surface area contributed by atoms with Gasteiger partial charge in [0.15, 0.2) is 0 Å². The second kappa shape index (κ2) is 27.5. The number of carbonyl (C=O) groups excluding carboxylic acids is 1. The summed E-state index contributed by atoms with van der Waals surface area (Å²) in [4.78, 5) is 12.6. The third-order valence-corrected chi connectivity index (χ3v) is 11.5. The van der Waals surface area contributed by atoms with Gasteiger partial charge in [-0.15, -0.1) is 0 Å². The van der Waals surface area contributed by atoms with Gasteiger partial charge >= 0.3 is 16.4 Å². The number of aromatic hydroxyl groups is 2. The lowest BCUT2D eigenvalue weighted by molar-refractivity contribution is -0.968. The first-order chi connectivity index (χ1) is 29.1. The molecular weight excluding hydrogens is 930 g/mol. The van der Waals surface area contributed by atoms with Crippen molar-refractivity contribution < 1.29 is 89.7 Å². The first-order valence-electron chi connectivity index (χ1n) is 21.3. The van der Waals surface area contributed by atoms with E-state index in [0.717, 1.165) is 22.9 Å². The van der Waals surface area contributed by atoms with Gasteiger partial charge in [-0.25, -0.2) is 0 Å². The van der Waals surface area contributed by atoms with Crippen molar-refractivity contribution in [1.82, 2.24) is 10.6 Å². The van der Waals surface area contributed by atoms with Crippen molar-refractivity contribution in [3.05, 3.63) is 94.5 Å². The number of β-amino-alcohol motifs (C(OH)–C–C–N with tert-alkyl or cyclic N) is 2. The highest BCUT2D eigenvalue weighted by Crippen LogP contribution is 2.44. The maximum atomic E-state index is 12.6. The van der Waals surface area contributed by atoms with Crippen LogP contribution < -0.4 is 27.6 Å². The number of esters is 1. The van der Waals surface area contributed by atoms with Crippen LogP contribution in [-0.2, 0) is 33.1 Å². The minimum Gasteiger partial charge on any atom is -1.00 e. The second-order valence-electron chi connectivity index (χ2n) is 18.7. The number of phenols is 2. The van der Waals surface area contributed by atoms with Crippen molar-refractivity contribution in [3.8, 4) is 11.5 Å². The van der Waals surface area contributed by atoms with Crippen molar-refractivity contribution in [3.63, 3.8) is 0 Å². The van der Waals surface area contributed by atoms with E-state index in [2.05, 4.69) is 31.5 Å². The molecule has 2 bridgehead atoms. The van der Waals surface area contributed by atoms with Crippen LogP contribution in [-0.4, -0.2) is 131 Å². The third kappa shape index (κ3) is 21.1. The van der Waals surface area contributed by atoms with E-state index in [4.69, 9.17) is 32.5 Å². The number of carbonyl (C=O) groups is 1. The van der Waals surface area contributed by atoms with Crippen LogP contribution in [0.5, 0.6) is 11.5 Å². The summed E-state index contributed by atoms with van der Waals surface area (Å²) in [5, 5.41) is 72.9. The molecule has 0 spiro atoms. The maximum Gasteiger partial charge on any atom is 0.394 e. The molecule has 0 aliphatic carbocycles. The zero-order valence-electron chi connectivity index (χ0n) is 39.1. The number of hydrogen-bond donors (Lipinski definition) is 11. The molecule has 0 amide bonds. The number of quaternary nitrogens is 1. The number of benzene rings is 3. The number of hydrogen-bond acceptors (Lipinski definition) is 13. The van der Waals surface area contributed by atoms with Gasteiger partial charge in [-0.3, -0.25) is 13.9 Å². The molecule has 372 valence electrons. The smallest absolute Gasteiger partial charge is 0.394 e. The first-order valence-corrected chi connectivity index (χ1v) is 22.7. The molecule has 0 aromatic heterocycles. The van der Waals surface area contributed by atoms with Crippen LogP contribution in [0.2, 0.25) is 0 Å². The van der Waals surface area contributed by atoms with Gasteiger partial charge in [-0.05, 0) is 96.3 Å². The molecule has 5 rings (SSSR count). The monoisotopic (exact) mass is 1010 g/mol. The third-order valence-electron chi connectivity index (χ3n) is 11.5. The fourth-order valence-electron chi connectivity index (χ4n) is 7.74. The molecule has 7 atom stereocenters. The Balaban J connectivity index is 0.000000902. The number of halogens is 1. The molecule has 3 aromatic carbocycles. The highest BCUT2D eigenvalue weighted by Gasteiger charge is 2.54. The van der Waals surface area contributed by atoms with Crippen molar-refractivity contribution in [2.24, 2.45) is 0 Å². The van der Waals surface area contributed by atoms with Crippen LogP contribution in [0.1, 0.15) is 127 Å². The molecule has 2 saturated heterocycles. The van der Waals surface area contributed by atoms with E-state index in [1.165, 1.54) is 25.0 Å². The average molecular weight is 1010 g/mol. The molecule has 2 heterocycles. The van der Waals surface area contributed by atoms with Crippen LogP contribution in [0.15, 0.2) is 66.7 Å². The molecule has 13 N–H and O–H groups in total. The van der Waals surface area contributed by atoms with Gasteiger partial charge in [0, 0.05) is 61.0 Å². The molecule has 2 fully saturated rings. The molecule has 2 aliphatic heterocycles. The van der Waals surface area contributed by atoms with Crippen molar-refractivity contribution in [1.29, 1.82) is 0 Å². The van der Waals surface area contributed by atoms with E-state index in [-0.39, 0.29) is 76.9 Å². The van der Waals surface area contributed by atoms with Crippen LogP contribution in [0.4, 0.5) is 0 Å². The number of piperidine rings is 1. The van der Waals surface area contributed by atoms with E-state index >= 15 is 0 Å². The molecule has 65 heavy (non-hydrogen) atoms. The lowest BCUT2D eigenvalue weighted by Gasteiger charge is -2.49. The van der Waals surface area contributed by atoms with E-state index in [1.807, 2.05) is 71.9 Å². The molecule has 0 saturated carbocycles. The van der Waals surface area contributed by atoms with Crippen LogP contribution >= 0.6 is 0 Å².